The zero-order chi connectivity index (χ0) is 17.3. The summed E-state index contributed by atoms with van der Waals surface area (Å²) in [5.41, 5.74) is 0.572. The van der Waals surface area contributed by atoms with Crippen molar-refractivity contribution in [3.8, 4) is 0 Å². The summed E-state index contributed by atoms with van der Waals surface area (Å²) in [6, 6.07) is 7.35. The minimum Gasteiger partial charge on any atom is -0.353 e. The van der Waals surface area contributed by atoms with Gasteiger partial charge in [0.25, 0.3) is 0 Å². The van der Waals surface area contributed by atoms with Crippen LogP contribution in [0.2, 0.25) is 0 Å². The van der Waals surface area contributed by atoms with E-state index in [9.17, 15) is 18.0 Å². The van der Waals surface area contributed by atoms with Crippen molar-refractivity contribution < 1.29 is 18.0 Å². The molecule has 24 heavy (non-hydrogen) atoms. The predicted molar refractivity (Wildman–Crippen MR) is 86.4 cm³/mol. The van der Waals surface area contributed by atoms with Gasteiger partial charge in [0.05, 0.1) is 5.92 Å². The van der Waals surface area contributed by atoms with Crippen molar-refractivity contribution in [3.63, 3.8) is 0 Å². The summed E-state index contributed by atoms with van der Waals surface area (Å²) in [5, 5.41) is 6.94. The number of benzene rings is 1. The molecule has 2 N–H and O–H groups in total. The van der Waals surface area contributed by atoms with Gasteiger partial charge in [-0.15, -0.1) is 11.3 Å². The van der Waals surface area contributed by atoms with Crippen LogP contribution in [0.3, 0.4) is 0 Å². The Bertz CT molecular complexity index is 723. The summed E-state index contributed by atoms with van der Waals surface area (Å²) in [5.74, 6) is -0.274. The fourth-order valence-corrected chi connectivity index (χ4v) is 2.88. The Morgan fingerprint density at radius 1 is 1.29 bits per heavy atom. The molecule has 0 spiro atoms. The molecule has 8 heteroatoms. The Balaban J connectivity index is 1.63. The zero-order valence-corrected chi connectivity index (χ0v) is 13.7. The van der Waals surface area contributed by atoms with E-state index in [0.717, 1.165) is 35.1 Å². The summed E-state index contributed by atoms with van der Waals surface area (Å²) in [6.45, 7) is 1.83. The standard InChI is InChI=1S/C16H16F3N3OS/c1-9(14(23)20-11-6-7-11)10-2-4-12(5-3-10)21-15-22-13(8-24-15)16(17,18)19/h2-5,8-9,11H,6-7H2,1H3,(H,20,23)(H,21,22)/t9-/m0/s1. The second kappa shape index (κ2) is 6.43. The monoisotopic (exact) mass is 355 g/mol. The summed E-state index contributed by atoms with van der Waals surface area (Å²) < 4.78 is 37.6. The first-order valence-electron chi connectivity index (χ1n) is 7.53. The van der Waals surface area contributed by atoms with Crippen LogP contribution in [0.5, 0.6) is 0 Å². The molecule has 1 aromatic heterocycles. The molecule has 1 amide bonds. The Morgan fingerprint density at radius 2 is 1.96 bits per heavy atom. The number of aromatic nitrogens is 1. The second-order valence-electron chi connectivity index (χ2n) is 5.79. The van der Waals surface area contributed by atoms with Crippen molar-refractivity contribution in [3.05, 3.63) is 40.9 Å². The topological polar surface area (TPSA) is 54.0 Å². The minimum absolute atomic E-state index is 0.00653. The molecule has 1 fully saturated rings. The highest BCUT2D eigenvalue weighted by atomic mass is 32.1. The molecule has 0 unspecified atom stereocenters. The van der Waals surface area contributed by atoms with Crippen molar-refractivity contribution in [2.24, 2.45) is 0 Å². The molecule has 1 aliphatic carbocycles. The Kier molecular flexibility index (Phi) is 4.49. The molecule has 1 aliphatic rings. The molecular formula is C16H16F3N3OS. The van der Waals surface area contributed by atoms with Crippen LogP contribution >= 0.6 is 11.3 Å². The highest BCUT2D eigenvalue weighted by Crippen LogP contribution is 2.32. The lowest BCUT2D eigenvalue weighted by atomic mass is 10.00. The number of halogens is 3. The fraction of sp³-hybridized carbons (Fsp3) is 0.375. The number of thiazole rings is 1. The van der Waals surface area contributed by atoms with Crippen molar-refractivity contribution >= 4 is 28.1 Å². The van der Waals surface area contributed by atoms with Crippen molar-refractivity contribution in [1.29, 1.82) is 0 Å². The Labute approximate surface area is 141 Å². The third kappa shape index (κ3) is 4.05. The lowest BCUT2D eigenvalue weighted by Crippen LogP contribution is -2.29. The Hall–Kier alpha value is -2.09. The quantitative estimate of drug-likeness (QED) is 0.841. The number of hydrogen-bond donors (Lipinski definition) is 2. The molecule has 1 saturated carbocycles. The number of alkyl halides is 3. The second-order valence-corrected chi connectivity index (χ2v) is 6.65. The number of anilines is 2. The number of rotatable bonds is 5. The van der Waals surface area contributed by atoms with Crippen LogP contribution < -0.4 is 10.6 Å². The molecule has 0 aliphatic heterocycles. The van der Waals surface area contributed by atoms with Crippen molar-refractivity contribution in [2.75, 3.05) is 5.32 Å². The smallest absolute Gasteiger partial charge is 0.353 e. The molecule has 3 rings (SSSR count). The van der Waals surface area contributed by atoms with Gasteiger partial charge in [0.2, 0.25) is 5.91 Å². The van der Waals surface area contributed by atoms with E-state index in [1.807, 2.05) is 6.92 Å². The largest absolute Gasteiger partial charge is 0.434 e. The first kappa shape index (κ1) is 16.8. The van der Waals surface area contributed by atoms with Gasteiger partial charge in [-0.25, -0.2) is 4.98 Å². The highest BCUT2D eigenvalue weighted by molar-refractivity contribution is 7.13. The maximum atomic E-state index is 12.5. The number of carbonyl (C=O) groups is 1. The fourth-order valence-electron chi connectivity index (χ4n) is 2.15. The van der Waals surface area contributed by atoms with Crippen molar-refractivity contribution in [1.82, 2.24) is 10.3 Å². The van der Waals surface area contributed by atoms with Crippen LogP contribution in [-0.2, 0) is 11.0 Å². The molecule has 1 heterocycles. The van der Waals surface area contributed by atoms with Crippen LogP contribution in [0.1, 0.15) is 36.9 Å². The van der Waals surface area contributed by atoms with Gasteiger partial charge >= 0.3 is 6.18 Å². The van der Waals surface area contributed by atoms with Crippen molar-refractivity contribution in [2.45, 2.75) is 37.9 Å². The molecule has 128 valence electrons. The highest BCUT2D eigenvalue weighted by Gasteiger charge is 2.33. The number of nitrogens with one attached hydrogen (secondary N) is 2. The third-order valence-electron chi connectivity index (χ3n) is 3.77. The van der Waals surface area contributed by atoms with E-state index in [2.05, 4.69) is 15.6 Å². The van der Waals surface area contributed by atoms with Gasteiger partial charge in [0.15, 0.2) is 10.8 Å². The van der Waals surface area contributed by atoms with E-state index in [1.54, 1.807) is 24.3 Å². The molecule has 0 saturated heterocycles. The first-order valence-corrected chi connectivity index (χ1v) is 8.41. The van der Waals surface area contributed by atoms with Crippen LogP contribution in [0.4, 0.5) is 24.0 Å². The number of amides is 1. The maximum Gasteiger partial charge on any atom is 0.434 e. The number of nitrogens with zero attached hydrogens (tertiary/aromatic N) is 1. The van der Waals surface area contributed by atoms with Gasteiger partial charge < -0.3 is 10.6 Å². The first-order chi connectivity index (χ1) is 11.3. The molecule has 1 atom stereocenters. The van der Waals surface area contributed by atoms with Gasteiger partial charge in [-0.1, -0.05) is 12.1 Å². The molecule has 2 aromatic rings. The third-order valence-corrected chi connectivity index (χ3v) is 4.53. The average molecular weight is 355 g/mol. The SMILES string of the molecule is C[C@H](C(=O)NC1CC1)c1ccc(Nc2nc(C(F)(F)F)cs2)cc1. The summed E-state index contributed by atoms with van der Waals surface area (Å²) in [4.78, 5) is 15.5. The van der Waals surface area contributed by atoms with E-state index < -0.39 is 11.9 Å². The van der Waals surface area contributed by atoms with E-state index in [4.69, 9.17) is 0 Å². The summed E-state index contributed by atoms with van der Waals surface area (Å²) in [6.07, 6.45) is -2.37. The molecular weight excluding hydrogens is 339 g/mol. The maximum absolute atomic E-state index is 12.5. The zero-order valence-electron chi connectivity index (χ0n) is 12.9. The van der Waals surface area contributed by atoms with Gasteiger partial charge in [-0.3, -0.25) is 4.79 Å². The van der Waals surface area contributed by atoms with E-state index in [-0.39, 0.29) is 17.0 Å². The average Bonchev–Trinajstić information content (AvgIpc) is 3.21. The lowest BCUT2D eigenvalue weighted by Gasteiger charge is -2.13. The van der Waals surface area contributed by atoms with Crippen LogP contribution in [0.15, 0.2) is 29.6 Å². The van der Waals surface area contributed by atoms with Gasteiger partial charge in [0, 0.05) is 17.1 Å². The minimum atomic E-state index is -4.44. The normalized spacial score (nSPS) is 15.8. The van der Waals surface area contributed by atoms with Crippen LogP contribution in [-0.4, -0.2) is 16.9 Å². The number of hydrogen-bond acceptors (Lipinski definition) is 4. The van der Waals surface area contributed by atoms with Crippen LogP contribution in [0, 0.1) is 0 Å². The number of carbonyl (C=O) groups excluding carboxylic acids is 1. The van der Waals surface area contributed by atoms with Gasteiger partial charge in [-0.2, -0.15) is 13.2 Å². The molecule has 0 bridgehead atoms. The Morgan fingerprint density at radius 3 is 2.50 bits per heavy atom. The molecule has 0 radical (unpaired) electrons. The summed E-state index contributed by atoms with van der Waals surface area (Å²) >= 11 is 0.894. The molecule has 4 nitrogen and oxygen atoms in total. The van der Waals surface area contributed by atoms with E-state index >= 15 is 0 Å². The van der Waals surface area contributed by atoms with E-state index in [1.165, 1.54) is 0 Å². The van der Waals surface area contributed by atoms with Gasteiger partial charge in [-0.05, 0) is 37.5 Å². The lowest BCUT2D eigenvalue weighted by molar-refractivity contribution is -0.140. The van der Waals surface area contributed by atoms with E-state index in [0.29, 0.717) is 11.7 Å². The molecule has 1 aromatic carbocycles. The van der Waals surface area contributed by atoms with Crippen LogP contribution in [0.25, 0.3) is 0 Å². The van der Waals surface area contributed by atoms with Gasteiger partial charge in [0.1, 0.15) is 0 Å². The predicted octanol–water partition coefficient (Wildman–Crippen LogP) is 4.29. The summed E-state index contributed by atoms with van der Waals surface area (Å²) in [7, 11) is 0.